The highest BCUT2D eigenvalue weighted by atomic mass is 16.4. The Morgan fingerprint density at radius 2 is 1.96 bits per heavy atom. The lowest BCUT2D eigenvalue weighted by atomic mass is 10.0. The quantitative estimate of drug-likeness (QED) is 0.891. The van der Waals surface area contributed by atoms with Crippen LogP contribution in [0, 0.1) is 0 Å². The number of hydrogen-bond donors (Lipinski definition) is 2. The first-order valence-corrected chi connectivity index (χ1v) is 7.01. The number of aliphatic carboxylic acids is 1. The molecule has 0 radical (unpaired) electrons. The smallest absolute Gasteiger partial charge is 0.323 e. The van der Waals surface area contributed by atoms with Crippen LogP contribution in [0.15, 0.2) is 59.6 Å². The number of aliphatic imine (C=N–C) groups is 1. The van der Waals surface area contributed by atoms with Crippen LogP contribution in [0.4, 0.5) is 5.69 Å². The molecule has 3 rings (SSSR count). The number of rotatable bonds is 3. The number of benzene rings is 2. The Morgan fingerprint density at radius 3 is 2.65 bits per heavy atom. The lowest BCUT2D eigenvalue weighted by Gasteiger charge is -2.22. The van der Waals surface area contributed by atoms with Gasteiger partial charge in [-0.15, -0.1) is 0 Å². The summed E-state index contributed by atoms with van der Waals surface area (Å²) in [6.07, 6.45) is -1.23. The van der Waals surface area contributed by atoms with Crippen LogP contribution in [-0.4, -0.2) is 35.4 Å². The van der Waals surface area contributed by atoms with Crippen molar-refractivity contribution in [2.75, 3.05) is 11.4 Å². The highest BCUT2D eigenvalue weighted by Gasteiger charge is 2.30. The molecule has 116 valence electrons. The number of carbonyl (C=O) groups is 2. The van der Waals surface area contributed by atoms with Gasteiger partial charge < -0.3 is 10.8 Å². The van der Waals surface area contributed by atoms with Gasteiger partial charge in [-0.1, -0.05) is 48.5 Å². The summed E-state index contributed by atoms with van der Waals surface area (Å²) in [6.45, 7) is -0.541. The third-order valence-electron chi connectivity index (χ3n) is 3.49. The fourth-order valence-electron chi connectivity index (χ4n) is 2.49. The van der Waals surface area contributed by atoms with Gasteiger partial charge in [0, 0.05) is 11.1 Å². The summed E-state index contributed by atoms with van der Waals surface area (Å²) in [6, 6.07) is 14.0. The zero-order valence-electron chi connectivity index (χ0n) is 13.1. The van der Waals surface area contributed by atoms with Crippen molar-refractivity contribution in [3.05, 3.63) is 65.7 Å². The lowest BCUT2D eigenvalue weighted by molar-refractivity contribution is -0.136. The fourth-order valence-corrected chi connectivity index (χ4v) is 2.49. The molecule has 6 heteroatoms. The van der Waals surface area contributed by atoms with E-state index in [2.05, 4.69) is 4.99 Å². The van der Waals surface area contributed by atoms with E-state index in [0.717, 1.165) is 4.90 Å². The highest BCUT2D eigenvalue weighted by molar-refractivity contribution is 6.20. The van der Waals surface area contributed by atoms with Crippen LogP contribution in [-0.2, 0) is 9.59 Å². The molecular formula is C17H15N3O3. The molecule has 1 unspecified atom stereocenters. The molecule has 1 aliphatic heterocycles. The van der Waals surface area contributed by atoms with Crippen molar-refractivity contribution >= 4 is 23.3 Å². The zero-order chi connectivity index (χ0) is 17.3. The van der Waals surface area contributed by atoms with Gasteiger partial charge in [-0.2, -0.15) is 0 Å². The molecule has 0 spiro atoms. The summed E-state index contributed by atoms with van der Waals surface area (Å²) in [4.78, 5) is 29.0. The minimum absolute atomic E-state index is 0.146. The number of nitrogens with two attached hydrogens (primary N) is 1. The Morgan fingerprint density at radius 1 is 1.26 bits per heavy atom. The van der Waals surface area contributed by atoms with Crippen molar-refractivity contribution < 1.29 is 16.1 Å². The number of nitrogens with zero attached hydrogens (tertiary/aromatic N) is 2. The number of carboxylic acids is 1. The summed E-state index contributed by atoms with van der Waals surface area (Å²) in [5, 5.41) is 9.12. The molecule has 0 saturated carbocycles. The maximum Gasteiger partial charge on any atom is 0.323 e. The van der Waals surface area contributed by atoms with Gasteiger partial charge in [0.15, 0.2) is 6.17 Å². The molecule has 0 aromatic heterocycles. The first-order valence-electron chi connectivity index (χ1n) is 7.51. The Hall–Kier alpha value is -2.99. The number of hydrogen-bond acceptors (Lipinski definition) is 4. The Bertz CT molecular complexity index is 836. The number of para-hydroxylation sites is 1. The van der Waals surface area contributed by atoms with E-state index in [0.29, 0.717) is 22.5 Å². The minimum atomic E-state index is -1.23. The molecule has 1 heterocycles. The van der Waals surface area contributed by atoms with E-state index in [1.54, 1.807) is 30.3 Å². The van der Waals surface area contributed by atoms with Crippen molar-refractivity contribution in [2.45, 2.75) is 6.17 Å². The van der Waals surface area contributed by atoms with Crippen LogP contribution in [0.5, 0.6) is 0 Å². The molecular weight excluding hydrogens is 294 g/mol. The Labute approximate surface area is 134 Å². The van der Waals surface area contributed by atoms with Crippen LogP contribution in [0.2, 0.25) is 0 Å². The zero-order valence-corrected chi connectivity index (χ0v) is 12.1. The summed E-state index contributed by atoms with van der Waals surface area (Å²) >= 11 is 0. The second-order valence-electron chi connectivity index (χ2n) is 5.04. The van der Waals surface area contributed by atoms with Gasteiger partial charge in [0.1, 0.15) is 6.54 Å². The van der Waals surface area contributed by atoms with Crippen LogP contribution < -0.4 is 10.6 Å². The van der Waals surface area contributed by atoms with Crippen LogP contribution >= 0.6 is 0 Å². The lowest BCUT2D eigenvalue weighted by Crippen LogP contribution is -2.44. The number of fused-ring (bicyclic) bond motifs is 1. The summed E-state index contributed by atoms with van der Waals surface area (Å²) in [5.74, 6) is -1.78. The SMILES string of the molecule is [2H]c1cccc2c1C(c1ccccc1)=NC(N)C(=O)N2CC(=O)O. The maximum absolute atomic E-state index is 12.5. The molecule has 2 aromatic carbocycles. The summed E-state index contributed by atoms with van der Waals surface area (Å²) in [5.41, 5.74) is 7.70. The molecule has 3 N–H and O–H groups in total. The summed E-state index contributed by atoms with van der Waals surface area (Å²) in [7, 11) is 0. The van der Waals surface area contributed by atoms with Crippen LogP contribution in [0.3, 0.4) is 0 Å². The van der Waals surface area contributed by atoms with Crippen molar-refractivity contribution in [1.82, 2.24) is 0 Å². The predicted octanol–water partition coefficient (Wildman–Crippen LogP) is 1.24. The minimum Gasteiger partial charge on any atom is -0.480 e. The molecule has 1 amide bonds. The molecule has 1 atom stereocenters. The molecule has 6 nitrogen and oxygen atoms in total. The largest absolute Gasteiger partial charge is 0.480 e. The monoisotopic (exact) mass is 310 g/mol. The summed E-state index contributed by atoms with van der Waals surface area (Å²) < 4.78 is 8.22. The maximum atomic E-state index is 12.5. The van der Waals surface area contributed by atoms with Crippen molar-refractivity contribution in [3.8, 4) is 0 Å². The average Bonchev–Trinajstić information content (AvgIpc) is 2.67. The van der Waals surface area contributed by atoms with Gasteiger partial charge in [0.05, 0.1) is 12.8 Å². The molecule has 2 aromatic rings. The molecule has 1 aliphatic rings. The van der Waals surface area contributed by atoms with Gasteiger partial charge in [-0.05, 0) is 6.07 Å². The van der Waals surface area contributed by atoms with E-state index in [4.69, 9.17) is 12.2 Å². The number of amides is 1. The van der Waals surface area contributed by atoms with Crippen molar-refractivity contribution in [3.63, 3.8) is 0 Å². The fraction of sp³-hybridized carbons (Fsp3) is 0.118. The second-order valence-corrected chi connectivity index (χ2v) is 5.04. The number of benzodiazepines with no additional fused rings is 1. The Kier molecular flexibility index (Phi) is 3.57. The first kappa shape index (κ1) is 13.7. The van der Waals surface area contributed by atoms with Gasteiger partial charge in [-0.25, -0.2) is 0 Å². The van der Waals surface area contributed by atoms with Gasteiger partial charge in [-0.3, -0.25) is 19.5 Å². The molecule has 0 fully saturated rings. The highest BCUT2D eigenvalue weighted by Crippen LogP contribution is 2.27. The van der Waals surface area contributed by atoms with Gasteiger partial charge in [0.25, 0.3) is 5.91 Å². The van der Waals surface area contributed by atoms with E-state index in [1.807, 2.05) is 18.2 Å². The Balaban J connectivity index is 2.26. The van der Waals surface area contributed by atoms with Crippen molar-refractivity contribution in [2.24, 2.45) is 10.7 Å². The number of carbonyl (C=O) groups excluding carboxylic acids is 1. The standard InChI is InChI=1S/C17H15N3O3/c18-16-17(23)20(10-14(21)22)13-9-5-4-8-12(13)15(19-16)11-6-2-1-3-7-11/h1-9,16H,10,18H2,(H,21,22)/i8D. The van der Waals surface area contributed by atoms with E-state index in [-0.39, 0.29) is 6.04 Å². The normalized spacial score (nSPS) is 17.9. The predicted molar refractivity (Wildman–Crippen MR) is 86.5 cm³/mol. The topological polar surface area (TPSA) is 96.0 Å². The van der Waals surface area contributed by atoms with E-state index >= 15 is 0 Å². The second kappa shape index (κ2) is 6.02. The van der Waals surface area contributed by atoms with Crippen molar-refractivity contribution in [1.29, 1.82) is 0 Å². The number of carboxylic acid groups (broad SMARTS) is 1. The van der Waals surface area contributed by atoms with Crippen LogP contribution in [0.25, 0.3) is 0 Å². The van der Waals surface area contributed by atoms with E-state index in [9.17, 15) is 9.59 Å². The molecule has 23 heavy (non-hydrogen) atoms. The third-order valence-corrected chi connectivity index (χ3v) is 3.49. The number of anilines is 1. The van der Waals surface area contributed by atoms with E-state index < -0.39 is 24.6 Å². The molecule has 0 aliphatic carbocycles. The molecule has 0 saturated heterocycles. The van der Waals surface area contributed by atoms with Gasteiger partial charge in [0.2, 0.25) is 0 Å². The van der Waals surface area contributed by atoms with Crippen LogP contribution in [0.1, 0.15) is 12.5 Å². The first-order chi connectivity index (χ1) is 11.5. The van der Waals surface area contributed by atoms with Gasteiger partial charge >= 0.3 is 5.97 Å². The molecule has 0 bridgehead atoms. The average molecular weight is 310 g/mol. The van der Waals surface area contributed by atoms with E-state index in [1.165, 1.54) is 0 Å². The third kappa shape index (κ3) is 2.84.